The number of fused-ring (bicyclic) bond motifs is 1. The average molecular weight is 217 g/mol. The maximum Gasteiger partial charge on any atom is 0.326 e. The highest BCUT2D eigenvalue weighted by Gasteiger charge is 2.14. The number of carboxylic acid groups (broad SMARTS) is 1. The van der Waals surface area contributed by atoms with Crippen LogP contribution < -0.4 is 0 Å². The van der Waals surface area contributed by atoms with Gasteiger partial charge in [-0.1, -0.05) is 13.0 Å². The van der Waals surface area contributed by atoms with E-state index in [9.17, 15) is 4.79 Å². The summed E-state index contributed by atoms with van der Waals surface area (Å²) < 4.78 is 1.79. The van der Waals surface area contributed by atoms with Gasteiger partial charge >= 0.3 is 5.97 Å². The molecule has 1 unspecified atom stereocenters. The van der Waals surface area contributed by atoms with Crippen LogP contribution in [0.5, 0.6) is 0 Å². The van der Waals surface area contributed by atoms with Gasteiger partial charge in [0.1, 0.15) is 6.04 Å². The van der Waals surface area contributed by atoms with Gasteiger partial charge in [-0.05, 0) is 42.5 Å². The number of aryl methyl sites for hydroxylation is 1. The Bertz CT molecular complexity index is 528. The second-order valence-electron chi connectivity index (χ2n) is 3.98. The Morgan fingerprint density at radius 2 is 2.19 bits per heavy atom. The van der Waals surface area contributed by atoms with Crippen molar-refractivity contribution in [3.8, 4) is 0 Å². The van der Waals surface area contributed by atoms with Gasteiger partial charge in [-0.25, -0.2) is 4.79 Å². The lowest BCUT2D eigenvalue weighted by atomic mass is 10.1. The van der Waals surface area contributed by atoms with Crippen molar-refractivity contribution in [3.63, 3.8) is 0 Å². The number of aliphatic carboxylic acids is 1. The van der Waals surface area contributed by atoms with E-state index >= 15 is 0 Å². The van der Waals surface area contributed by atoms with Crippen molar-refractivity contribution in [2.24, 2.45) is 0 Å². The second kappa shape index (κ2) is 4.00. The van der Waals surface area contributed by atoms with Gasteiger partial charge in [0.2, 0.25) is 0 Å². The molecule has 0 fully saturated rings. The zero-order chi connectivity index (χ0) is 11.7. The van der Waals surface area contributed by atoms with E-state index in [-0.39, 0.29) is 0 Å². The molecule has 16 heavy (non-hydrogen) atoms. The molecule has 0 radical (unpaired) electrons. The third-order valence-electron chi connectivity index (χ3n) is 2.97. The van der Waals surface area contributed by atoms with Crippen molar-refractivity contribution >= 4 is 16.9 Å². The Balaban J connectivity index is 2.53. The Morgan fingerprint density at radius 1 is 1.44 bits per heavy atom. The molecule has 0 saturated carbocycles. The topological polar surface area (TPSA) is 42.2 Å². The van der Waals surface area contributed by atoms with Crippen molar-refractivity contribution in [2.45, 2.75) is 26.3 Å². The summed E-state index contributed by atoms with van der Waals surface area (Å²) in [5.41, 5.74) is 2.25. The lowest BCUT2D eigenvalue weighted by molar-refractivity contribution is -0.140. The Labute approximate surface area is 94.3 Å². The quantitative estimate of drug-likeness (QED) is 0.859. The number of hydrogen-bond acceptors (Lipinski definition) is 1. The molecule has 0 saturated heterocycles. The number of hydrogen-bond donors (Lipinski definition) is 1. The molecular weight excluding hydrogens is 202 g/mol. The smallest absolute Gasteiger partial charge is 0.326 e. The van der Waals surface area contributed by atoms with Crippen LogP contribution in [0.1, 0.15) is 25.5 Å². The molecule has 1 aromatic heterocycles. The monoisotopic (exact) mass is 217 g/mol. The van der Waals surface area contributed by atoms with Gasteiger partial charge in [0.05, 0.1) is 0 Å². The van der Waals surface area contributed by atoms with E-state index < -0.39 is 12.0 Å². The second-order valence-corrected chi connectivity index (χ2v) is 3.98. The third kappa shape index (κ3) is 1.69. The standard InChI is InChI=1S/C13H15NO2/c1-3-10-4-5-12-11(8-10)6-7-14(12)9(2)13(15)16/h4-9H,3H2,1-2H3,(H,15,16). The van der Waals surface area contributed by atoms with Gasteiger partial charge in [-0.15, -0.1) is 0 Å². The Hall–Kier alpha value is -1.77. The average Bonchev–Trinajstić information content (AvgIpc) is 2.70. The first kappa shape index (κ1) is 10.7. The van der Waals surface area contributed by atoms with Gasteiger partial charge in [0.25, 0.3) is 0 Å². The highest BCUT2D eigenvalue weighted by Crippen LogP contribution is 2.21. The predicted octanol–water partition coefficient (Wildman–Crippen LogP) is 2.85. The molecule has 3 nitrogen and oxygen atoms in total. The summed E-state index contributed by atoms with van der Waals surface area (Å²) in [6, 6.07) is 7.60. The minimum Gasteiger partial charge on any atom is -0.480 e. The molecule has 0 aliphatic heterocycles. The molecule has 0 amide bonds. The molecule has 84 valence electrons. The fourth-order valence-corrected chi connectivity index (χ4v) is 1.89. The highest BCUT2D eigenvalue weighted by molar-refractivity contribution is 5.83. The first-order chi connectivity index (χ1) is 7.63. The number of nitrogens with zero attached hydrogens (tertiary/aromatic N) is 1. The van der Waals surface area contributed by atoms with Crippen molar-refractivity contribution in [3.05, 3.63) is 36.0 Å². The number of rotatable bonds is 3. The first-order valence-electron chi connectivity index (χ1n) is 5.45. The zero-order valence-corrected chi connectivity index (χ0v) is 9.47. The first-order valence-corrected chi connectivity index (χ1v) is 5.45. The number of benzene rings is 1. The van der Waals surface area contributed by atoms with Gasteiger partial charge in [-0.3, -0.25) is 0 Å². The van der Waals surface area contributed by atoms with Crippen molar-refractivity contribution in [1.82, 2.24) is 4.57 Å². The Kier molecular flexibility index (Phi) is 2.69. The molecular formula is C13H15NO2. The van der Waals surface area contributed by atoms with Gasteiger partial charge < -0.3 is 9.67 Å². The van der Waals surface area contributed by atoms with E-state index in [1.165, 1.54) is 5.56 Å². The van der Waals surface area contributed by atoms with Crippen molar-refractivity contribution < 1.29 is 9.90 Å². The van der Waals surface area contributed by atoms with Gasteiger partial charge in [0, 0.05) is 11.7 Å². The van der Waals surface area contributed by atoms with Crippen LogP contribution >= 0.6 is 0 Å². The van der Waals surface area contributed by atoms with Crippen LogP contribution in [0, 0.1) is 0 Å². The molecule has 1 atom stereocenters. The minimum absolute atomic E-state index is 0.523. The fraction of sp³-hybridized carbons (Fsp3) is 0.308. The highest BCUT2D eigenvalue weighted by atomic mass is 16.4. The molecule has 1 heterocycles. The molecule has 0 bridgehead atoms. The van der Waals surface area contributed by atoms with Gasteiger partial charge in [0.15, 0.2) is 0 Å². The van der Waals surface area contributed by atoms with E-state index in [1.54, 1.807) is 11.5 Å². The molecule has 2 aromatic rings. The molecule has 1 N–H and O–H groups in total. The van der Waals surface area contributed by atoms with Crippen LogP contribution in [0.4, 0.5) is 0 Å². The third-order valence-corrected chi connectivity index (χ3v) is 2.97. The molecule has 0 spiro atoms. The van der Waals surface area contributed by atoms with E-state index in [1.807, 2.05) is 24.4 Å². The lowest BCUT2D eigenvalue weighted by Crippen LogP contribution is -2.14. The molecule has 0 aliphatic rings. The summed E-state index contributed by atoms with van der Waals surface area (Å²) in [6.45, 7) is 3.80. The molecule has 1 aromatic carbocycles. The summed E-state index contributed by atoms with van der Waals surface area (Å²) in [7, 11) is 0. The van der Waals surface area contributed by atoms with Crippen LogP contribution in [0.2, 0.25) is 0 Å². The number of carbonyl (C=O) groups is 1. The molecule has 3 heteroatoms. The van der Waals surface area contributed by atoms with E-state index in [4.69, 9.17) is 5.11 Å². The largest absolute Gasteiger partial charge is 0.480 e. The van der Waals surface area contributed by atoms with E-state index in [2.05, 4.69) is 13.0 Å². The van der Waals surface area contributed by atoms with Crippen LogP contribution in [0.15, 0.2) is 30.5 Å². The summed E-state index contributed by atoms with van der Waals surface area (Å²) >= 11 is 0. The van der Waals surface area contributed by atoms with Crippen LogP contribution in [-0.4, -0.2) is 15.6 Å². The van der Waals surface area contributed by atoms with Crippen LogP contribution in [0.3, 0.4) is 0 Å². The Morgan fingerprint density at radius 3 is 2.81 bits per heavy atom. The van der Waals surface area contributed by atoms with Crippen LogP contribution in [-0.2, 0) is 11.2 Å². The van der Waals surface area contributed by atoms with E-state index in [0.717, 1.165) is 17.3 Å². The van der Waals surface area contributed by atoms with Crippen molar-refractivity contribution in [2.75, 3.05) is 0 Å². The van der Waals surface area contributed by atoms with Crippen LogP contribution in [0.25, 0.3) is 10.9 Å². The maximum absolute atomic E-state index is 10.9. The molecule has 0 aliphatic carbocycles. The lowest BCUT2D eigenvalue weighted by Gasteiger charge is -2.10. The normalized spacial score (nSPS) is 12.9. The predicted molar refractivity (Wildman–Crippen MR) is 63.7 cm³/mol. The zero-order valence-electron chi connectivity index (χ0n) is 9.47. The number of aromatic nitrogens is 1. The van der Waals surface area contributed by atoms with Crippen molar-refractivity contribution in [1.29, 1.82) is 0 Å². The fourth-order valence-electron chi connectivity index (χ4n) is 1.89. The SMILES string of the molecule is CCc1ccc2c(ccn2C(C)C(=O)O)c1. The summed E-state index contributed by atoms with van der Waals surface area (Å²) in [6.07, 6.45) is 2.83. The van der Waals surface area contributed by atoms with Gasteiger partial charge in [-0.2, -0.15) is 0 Å². The summed E-state index contributed by atoms with van der Waals surface area (Å²) in [4.78, 5) is 10.9. The summed E-state index contributed by atoms with van der Waals surface area (Å²) in [5, 5.41) is 10.1. The minimum atomic E-state index is -0.808. The molecule has 2 rings (SSSR count). The maximum atomic E-state index is 10.9. The van der Waals surface area contributed by atoms with E-state index in [0.29, 0.717) is 0 Å². The number of carboxylic acids is 1. The summed E-state index contributed by atoms with van der Waals surface area (Å²) in [5.74, 6) is -0.808.